The number of methoxy groups -OCH3 is 2. The molecule has 0 aliphatic carbocycles. The van der Waals surface area contributed by atoms with Gasteiger partial charge >= 0.3 is 11.9 Å². The van der Waals surface area contributed by atoms with Gasteiger partial charge in [-0.25, -0.2) is 9.59 Å². The normalized spacial score (nSPS) is 10.2. The maximum atomic E-state index is 11.8. The number of benzene rings is 2. The Morgan fingerprint density at radius 3 is 1.50 bits per heavy atom. The summed E-state index contributed by atoms with van der Waals surface area (Å²) in [6.45, 7) is 0. The highest BCUT2D eigenvalue weighted by molar-refractivity contribution is 8.76. The van der Waals surface area contributed by atoms with Gasteiger partial charge in [0.05, 0.1) is 25.3 Å². The molecule has 0 aromatic heterocycles. The standard InChI is InChI=1S/C18H18O4S2/c1-21-17(19)15-9-5-3-7-13(15)11-23-24-12-14-8-4-6-10-16(14)18(20)22-2/h3-10H,11-12H2,1-2H3. The third kappa shape index (κ3) is 4.79. The van der Waals surface area contributed by atoms with Gasteiger partial charge in [0.1, 0.15) is 0 Å². The maximum absolute atomic E-state index is 11.8. The van der Waals surface area contributed by atoms with Gasteiger partial charge in [-0.2, -0.15) is 0 Å². The maximum Gasteiger partial charge on any atom is 0.338 e. The molecule has 0 heterocycles. The van der Waals surface area contributed by atoms with Crippen LogP contribution in [0.4, 0.5) is 0 Å². The van der Waals surface area contributed by atoms with Crippen molar-refractivity contribution >= 4 is 33.5 Å². The van der Waals surface area contributed by atoms with E-state index in [-0.39, 0.29) is 11.9 Å². The second-order valence-corrected chi connectivity index (χ2v) is 7.28. The van der Waals surface area contributed by atoms with E-state index < -0.39 is 0 Å². The summed E-state index contributed by atoms with van der Waals surface area (Å²) in [5.74, 6) is 0.701. The van der Waals surface area contributed by atoms with Crippen LogP contribution in [0.1, 0.15) is 31.8 Å². The smallest absolute Gasteiger partial charge is 0.338 e. The molecule has 4 nitrogen and oxygen atoms in total. The minimum absolute atomic E-state index is 0.327. The highest BCUT2D eigenvalue weighted by atomic mass is 33.1. The summed E-state index contributed by atoms with van der Waals surface area (Å²) in [4.78, 5) is 23.5. The summed E-state index contributed by atoms with van der Waals surface area (Å²) in [7, 11) is 6.02. The van der Waals surface area contributed by atoms with E-state index in [0.717, 1.165) is 11.1 Å². The zero-order valence-electron chi connectivity index (χ0n) is 13.5. The van der Waals surface area contributed by atoms with E-state index in [2.05, 4.69) is 0 Å². The van der Waals surface area contributed by atoms with E-state index in [9.17, 15) is 9.59 Å². The first-order valence-corrected chi connectivity index (χ1v) is 9.73. The van der Waals surface area contributed by atoms with Gasteiger partial charge in [-0.05, 0) is 23.3 Å². The molecule has 2 aromatic rings. The third-order valence-electron chi connectivity index (χ3n) is 3.36. The fourth-order valence-electron chi connectivity index (χ4n) is 2.12. The molecule has 0 unspecified atom stereocenters. The second kappa shape index (κ2) is 9.39. The molecule has 0 radical (unpaired) electrons. The molecular weight excluding hydrogens is 344 g/mol. The second-order valence-electron chi connectivity index (χ2n) is 4.82. The fraction of sp³-hybridized carbons (Fsp3) is 0.222. The fourth-order valence-corrected chi connectivity index (χ4v) is 4.31. The molecular formula is C18H18O4S2. The Balaban J connectivity index is 1.95. The largest absolute Gasteiger partial charge is 0.465 e. The van der Waals surface area contributed by atoms with Crippen LogP contribution >= 0.6 is 21.6 Å². The molecule has 0 spiro atoms. The van der Waals surface area contributed by atoms with Crippen LogP contribution in [0.3, 0.4) is 0 Å². The first-order valence-electron chi connectivity index (χ1n) is 7.24. The van der Waals surface area contributed by atoms with Gasteiger partial charge in [-0.3, -0.25) is 0 Å². The summed E-state index contributed by atoms with van der Waals surface area (Å²) in [5, 5.41) is 0. The molecule has 0 saturated carbocycles. The van der Waals surface area contributed by atoms with Crippen molar-refractivity contribution in [3.05, 3.63) is 70.8 Å². The number of ether oxygens (including phenoxy) is 2. The SMILES string of the molecule is COC(=O)c1ccccc1CSSCc1ccccc1C(=O)OC. The van der Waals surface area contributed by atoms with E-state index in [0.29, 0.717) is 22.6 Å². The van der Waals surface area contributed by atoms with Gasteiger partial charge in [0, 0.05) is 11.5 Å². The summed E-state index contributed by atoms with van der Waals surface area (Å²) in [6, 6.07) is 14.8. The van der Waals surface area contributed by atoms with Crippen molar-refractivity contribution in [1.29, 1.82) is 0 Å². The van der Waals surface area contributed by atoms with Crippen molar-refractivity contribution in [3.63, 3.8) is 0 Å². The number of hydrogen-bond donors (Lipinski definition) is 0. The third-order valence-corrected chi connectivity index (χ3v) is 5.59. The predicted molar refractivity (Wildman–Crippen MR) is 98.2 cm³/mol. The first-order chi connectivity index (χ1) is 11.7. The zero-order chi connectivity index (χ0) is 17.4. The van der Waals surface area contributed by atoms with Crippen molar-refractivity contribution in [2.24, 2.45) is 0 Å². The number of carbonyl (C=O) groups is 2. The minimum atomic E-state index is -0.327. The molecule has 0 amide bonds. The number of hydrogen-bond acceptors (Lipinski definition) is 6. The Bertz CT molecular complexity index is 654. The number of carbonyl (C=O) groups excluding carboxylic acids is 2. The van der Waals surface area contributed by atoms with Crippen LogP contribution in [0.25, 0.3) is 0 Å². The predicted octanol–water partition coefficient (Wildman–Crippen LogP) is 4.34. The van der Waals surface area contributed by atoms with Crippen molar-refractivity contribution in [2.75, 3.05) is 14.2 Å². The minimum Gasteiger partial charge on any atom is -0.465 e. The molecule has 6 heteroatoms. The summed E-state index contributed by atoms with van der Waals surface area (Å²) in [5.41, 5.74) is 3.04. The van der Waals surface area contributed by atoms with Crippen molar-refractivity contribution < 1.29 is 19.1 Å². The lowest BCUT2D eigenvalue weighted by Crippen LogP contribution is -2.05. The quantitative estimate of drug-likeness (QED) is 0.415. The lowest BCUT2D eigenvalue weighted by molar-refractivity contribution is 0.0591. The van der Waals surface area contributed by atoms with E-state index in [1.165, 1.54) is 14.2 Å². The van der Waals surface area contributed by atoms with Crippen LogP contribution in [0, 0.1) is 0 Å². The van der Waals surface area contributed by atoms with Crippen molar-refractivity contribution in [2.45, 2.75) is 11.5 Å². The topological polar surface area (TPSA) is 52.6 Å². The average molecular weight is 362 g/mol. The Labute approximate surface area is 149 Å². The van der Waals surface area contributed by atoms with Crippen LogP contribution in [-0.4, -0.2) is 26.2 Å². The molecule has 0 aliphatic rings. The summed E-state index contributed by atoms with van der Waals surface area (Å²) in [6.07, 6.45) is 0. The molecule has 2 rings (SSSR count). The van der Waals surface area contributed by atoms with Gasteiger partial charge < -0.3 is 9.47 Å². The Hall–Kier alpha value is -1.92. The molecule has 0 N–H and O–H groups in total. The van der Waals surface area contributed by atoms with E-state index in [1.54, 1.807) is 33.7 Å². The average Bonchev–Trinajstić information content (AvgIpc) is 2.64. The Morgan fingerprint density at radius 2 is 1.12 bits per heavy atom. The van der Waals surface area contributed by atoms with Crippen LogP contribution in [0.5, 0.6) is 0 Å². The summed E-state index contributed by atoms with van der Waals surface area (Å²) >= 11 is 0. The van der Waals surface area contributed by atoms with Crippen molar-refractivity contribution in [3.8, 4) is 0 Å². The van der Waals surface area contributed by atoms with Gasteiger partial charge in [0.25, 0.3) is 0 Å². The van der Waals surface area contributed by atoms with E-state index in [4.69, 9.17) is 9.47 Å². The molecule has 0 aliphatic heterocycles. The monoisotopic (exact) mass is 362 g/mol. The van der Waals surface area contributed by atoms with Gasteiger partial charge in [0.2, 0.25) is 0 Å². The highest BCUT2D eigenvalue weighted by Crippen LogP contribution is 2.31. The highest BCUT2D eigenvalue weighted by Gasteiger charge is 2.12. The zero-order valence-corrected chi connectivity index (χ0v) is 15.1. The van der Waals surface area contributed by atoms with Crippen LogP contribution in [-0.2, 0) is 21.0 Å². The summed E-state index contributed by atoms with van der Waals surface area (Å²) < 4.78 is 9.60. The van der Waals surface area contributed by atoms with Crippen LogP contribution in [0.2, 0.25) is 0 Å². The lowest BCUT2D eigenvalue weighted by atomic mass is 10.1. The van der Waals surface area contributed by atoms with Gasteiger partial charge in [0.15, 0.2) is 0 Å². The molecule has 0 atom stereocenters. The molecule has 0 bridgehead atoms. The molecule has 0 saturated heterocycles. The van der Waals surface area contributed by atoms with Gasteiger partial charge in [-0.1, -0.05) is 58.0 Å². The number of esters is 2. The molecule has 0 fully saturated rings. The van der Waals surface area contributed by atoms with Crippen LogP contribution in [0.15, 0.2) is 48.5 Å². The van der Waals surface area contributed by atoms with Crippen molar-refractivity contribution in [1.82, 2.24) is 0 Å². The first kappa shape index (κ1) is 18.4. The Morgan fingerprint density at radius 1 is 0.750 bits per heavy atom. The molecule has 2 aromatic carbocycles. The molecule has 24 heavy (non-hydrogen) atoms. The molecule has 126 valence electrons. The van der Waals surface area contributed by atoms with E-state index >= 15 is 0 Å². The van der Waals surface area contributed by atoms with Gasteiger partial charge in [-0.15, -0.1) is 0 Å². The lowest BCUT2D eigenvalue weighted by Gasteiger charge is -2.09. The number of rotatable bonds is 7. The Kier molecular flexibility index (Phi) is 7.21. The van der Waals surface area contributed by atoms with Crippen LogP contribution < -0.4 is 0 Å². The van der Waals surface area contributed by atoms with E-state index in [1.807, 2.05) is 36.4 Å².